The van der Waals surface area contributed by atoms with Crippen molar-refractivity contribution in [3.63, 3.8) is 0 Å². The summed E-state index contributed by atoms with van der Waals surface area (Å²) in [6.45, 7) is 1.62. The molecule has 172 valence electrons. The molecule has 0 atom stereocenters. The first-order valence-corrected chi connectivity index (χ1v) is 9.90. The fraction of sp³-hybridized carbons (Fsp3) is 0.130. The van der Waals surface area contributed by atoms with Crippen LogP contribution in [0, 0.1) is 35.7 Å². The molecule has 0 amide bonds. The highest BCUT2D eigenvalue weighted by molar-refractivity contribution is 5.88. The third kappa shape index (κ3) is 4.47. The molecule has 11 heteroatoms. The van der Waals surface area contributed by atoms with Gasteiger partial charge in [0.1, 0.15) is 11.8 Å². The Kier molecular flexibility index (Phi) is 6.05. The maximum absolute atomic E-state index is 13.6. The number of nitriles is 1. The van der Waals surface area contributed by atoms with Crippen molar-refractivity contribution in [3.05, 3.63) is 88.9 Å². The lowest BCUT2D eigenvalue weighted by atomic mass is 10.1. The molecule has 4 aromatic rings. The number of nitrogens with one attached hydrogen (secondary N) is 1. The fourth-order valence-corrected chi connectivity index (χ4v) is 3.37. The Morgan fingerprint density at radius 1 is 1.18 bits per heavy atom. The molecule has 2 heterocycles. The number of anilines is 2. The van der Waals surface area contributed by atoms with Gasteiger partial charge in [-0.25, -0.2) is 22.9 Å². The van der Waals surface area contributed by atoms with Crippen LogP contribution in [0.25, 0.3) is 5.69 Å². The fourth-order valence-electron chi connectivity index (χ4n) is 3.37. The van der Waals surface area contributed by atoms with Gasteiger partial charge in [-0.3, -0.25) is 4.68 Å². The van der Waals surface area contributed by atoms with Crippen LogP contribution in [0.15, 0.2) is 48.9 Å². The summed E-state index contributed by atoms with van der Waals surface area (Å²) in [4.78, 5) is 16.4. The van der Waals surface area contributed by atoms with Crippen LogP contribution in [0.5, 0.6) is 0 Å². The van der Waals surface area contributed by atoms with Gasteiger partial charge in [0, 0.05) is 18.0 Å². The number of nitrogens with zero attached hydrogens (tertiary/aromatic N) is 5. The van der Waals surface area contributed by atoms with Crippen molar-refractivity contribution in [1.29, 1.82) is 5.26 Å². The number of halogens is 3. The Labute approximate surface area is 191 Å². The molecule has 34 heavy (non-hydrogen) atoms. The second-order valence-corrected chi connectivity index (χ2v) is 7.33. The third-order valence-electron chi connectivity index (χ3n) is 4.93. The summed E-state index contributed by atoms with van der Waals surface area (Å²) in [7, 11) is 1.18. The zero-order valence-corrected chi connectivity index (χ0v) is 18.0. The Morgan fingerprint density at radius 2 is 1.91 bits per heavy atom. The van der Waals surface area contributed by atoms with Crippen LogP contribution in [0.4, 0.5) is 24.7 Å². The highest BCUT2D eigenvalue weighted by Gasteiger charge is 2.18. The van der Waals surface area contributed by atoms with Crippen LogP contribution < -0.4 is 5.32 Å². The molecule has 0 aliphatic rings. The number of carbonyl (C=O) groups is 1. The van der Waals surface area contributed by atoms with Crippen LogP contribution in [0.3, 0.4) is 0 Å². The first-order chi connectivity index (χ1) is 16.3. The lowest BCUT2D eigenvalue weighted by Gasteiger charge is -2.09. The lowest BCUT2D eigenvalue weighted by molar-refractivity contribution is 0.0587. The van der Waals surface area contributed by atoms with Crippen LogP contribution in [0.2, 0.25) is 0 Å². The minimum atomic E-state index is -1.58. The van der Waals surface area contributed by atoms with E-state index in [9.17, 15) is 23.2 Å². The van der Waals surface area contributed by atoms with Crippen molar-refractivity contribution >= 4 is 17.5 Å². The van der Waals surface area contributed by atoms with E-state index in [1.54, 1.807) is 35.3 Å². The first-order valence-electron chi connectivity index (χ1n) is 9.90. The molecule has 0 fully saturated rings. The number of carbonyl (C=O) groups excluding carboxylic acids is 1. The van der Waals surface area contributed by atoms with Gasteiger partial charge in [0.25, 0.3) is 0 Å². The molecule has 8 nitrogen and oxygen atoms in total. The number of imidazole rings is 1. The highest BCUT2D eigenvalue weighted by Crippen LogP contribution is 2.24. The van der Waals surface area contributed by atoms with Gasteiger partial charge in [-0.15, -0.1) is 0 Å². The van der Waals surface area contributed by atoms with E-state index in [4.69, 9.17) is 4.74 Å². The van der Waals surface area contributed by atoms with Crippen LogP contribution >= 0.6 is 0 Å². The average Bonchev–Trinajstić information content (AvgIpc) is 3.42. The first kappa shape index (κ1) is 22.6. The molecule has 2 aromatic heterocycles. The zero-order valence-electron chi connectivity index (χ0n) is 18.0. The van der Waals surface area contributed by atoms with Gasteiger partial charge in [-0.05, 0) is 42.8 Å². The van der Waals surface area contributed by atoms with Crippen molar-refractivity contribution in [1.82, 2.24) is 19.3 Å². The van der Waals surface area contributed by atoms with E-state index in [1.165, 1.54) is 17.9 Å². The molecule has 0 radical (unpaired) electrons. The van der Waals surface area contributed by atoms with Gasteiger partial charge >= 0.3 is 5.97 Å². The Bertz CT molecular complexity index is 1410. The number of methoxy groups -OCH3 is 1. The Balaban J connectivity index is 1.65. The van der Waals surface area contributed by atoms with E-state index in [-0.39, 0.29) is 23.6 Å². The predicted octanol–water partition coefficient (Wildman–Crippen LogP) is 4.24. The Morgan fingerprint density at radius 3 is 2.53 bits per heavy atom. The summed E-state index contributed by atoms with van der Waals surface area (Å²) in [5, 5.41) is 16.8. The number of benzene rings is 2. The van der Waals surface area contributed by atoms with Crippen LogP contribution in [-0.4, -0.2) is 32.4 Å². The van der Waals surface area contributed by atoms with E-state index in [2.05, 4.69) is 21.5 Å². The summed E-state index contributed by atoms with van der Waals surface area (Å²) in [6.07, 6.45) is 3.39. The van der Waals surface area contributed by atoms with E-state index in [1.807, 2.05) is 6.92 Å². The molecule has 2 aromatic carbocycles. The number of aromatic nitrogens is 4. The molecule has 0 aliphatic carbocycles. The molecular weight excluding hydrogens is 449 g/mol. The second kappa shape index (κ2) is 9.11. The predicted molar refractivity (Wildman–Crippen MR) is 115 cm³/mol. The standard InChI is InChI=1S/C23H17F3N6O2/c1-13-10-31(12-28-13)19-4-3-16(7-15(19)9-27)29-21-8-20(23(33)34-2)32(30-21)11-14-5-17(24)22(26)18(25)6-14/h3-8,10,12H,11H2,1-2H3,(H,29,30). The quantitative estimate of drug-likeness (QED) is 0.337. The summed E-state index contributed by atoms with van der Waals surface area (Å²) in [6, 6.07) is 10.2. The van der Waals surface area contributed by atoms with Gasteiger partial charge in [-0.2, -0.15) is 10.4 Å². The molecular formula is C23H17F3N6O2. The molecule has 0 bridgehead atoms. The number of aryl methyl sites for hydroxylation is 1. The summed E-state index contributed by atoms with van der Waals surface area (Å²) in [5.41, 5.74) is 2.37. The number of esters is 1. The second-order valence-electron chi connectivity index (χ2n) is 7.33. The smallest absolute Gasteiger partial charge is 0.356 e. The van der Waals surface area contributed by atoms with Gasteiger partial charge in [-0.1, -0.05) is 0 Å². The average molecular weight is 466 g/mol. The minimum absolute atomic E-state index is 0.00107. The molecule has 1 N–H and O–H groups in total. The largest absolute Gasteiger partial charge is 0.464 e. The summed E-state index contributed by atoms with van der Waals surface area (Å²) >= 11 is 0. The maximum Gasteiger partial charge on any atom is 0.356 e. The van der Waals surface area contributed by atoms with Crippen molar-refractivity contribution in [3.8, 4) is 11.8 Å². The number of ether oxygens (including phenoxy) is 1. The van der Waals surface area contributed by atoms with E-state index in [0.717, 1.165) is 17.8 Å². The normalized spacial score (nSPS) is 10.7. The van der Waals surface area contributed by atoms with Crippen molar-refractivity contribution in [2.45, 2.75) is 13.5 Å². The van der Waals surface area contributed by atoms with Crippen molar-refractivity contribution < 1.29 is 22.7 Å². The molecule has 0 saturated carbocycles. The number of rotatable bonds is 6. The topological polar surface area (TPSA) is 97.8 Å². The number of hydrogen-bond donors (Lipinski definition) is 1. The van der Waals surface area contributed by atoms with Crippen LogP contribution in [0.1, 0.15) is 27.3 Å². The van der Waals surface area contributed by atoms with Gasteiger partial charge in [0.15, 0.2) is 23.3 Å². The highest BCUT2D eigenvalue weighted by atomic mass is 19.2. The monoisotopic (exact) mass is 466 g/mol. The van der Waals surface area contributed by atoms with Crippen LogP contribution in [-0.2, 0) is 11.3 Å². The molecule has 0 unspecified atom stereocenters. The molecule has 0 aliphatic heterocycles. The maximum atomic E-state index is 13.6. The zero-order chi connectivity index (χ0) is 24.4. The van der Waals surface area contributed by atoms with Gasteiger partial charge in [0.2, 0.25) is 0 Å². The van der Waals surface area contributed by atoms with Gasteiger partial charge < -0.3 is 14.6 Å². The summed E-state index contributed by atoms with van der Waals surface area (Å²) < 4.78 is 48.1. The lowest BCUT2D eigenvalue weighted by Crippen LogP contribution is -2.13. The minimum Gasteiger partial charge on any atom is -0.464 e. The van der Waals surface area contributed by atoms with Gasteiger partial charge in [0.05, 0.1) is 36.9 Å². The molecule has 0 spiro atoms. The van der Waals surface area contributed by atoms with E-state index < -0.39 is 23.4 Å². The van der Waals surface area contributed by atoms with Crippen molar-refractivity contribution in [2.75, 3.05) is 12.4 Å². The Hall–Kier alpha value is -4.59. The molecule has 4 rings (SSSR count). The van der Waals surface area contributed by atoms with Crippen molar-refractivity contribution in [2.24, 2.45) is 0 Å². The SMILES string of the molecule is COC(=O)c1cc(Nc2ccc(-n3cnc(C)c3)c(C#N)c2)nn1Cc1cc(F)c(F)c(F)c1. The van der Waals surface area contributed by atoms with E-state index >= 15 is 0 Å². The third-order valence-corrected chi connectivity index (χ3v) is 4.93. The summed E-state index contributed by atoms with van der Waals surface area (Å²) in [5.74, 6) is -4.79. The van der Waals surface area contributed by atoms with E-state index in [0.29, 0.717) is 16.9 Å². The number of hydrogen-bond acceptors (Lipinski definition) is 6. The molecule has 0 saturated heterocycles.